The van der Waals surface area contributed by atoms with Crippen LogP contribution < -0.4 is 0 Å². The molecular weight excluding hydrogens is 472 g/mol. The summed E-state index contributed by atoms with van der Waals surface area (Å²) in [4.78, 5) is 48.6. The van der Waals surface area contributed by atoms with Crippen molar-refractivity contribution in [1.29, 1.82) is 0 Å². The quantitative estimate of drug-likeness (QED) is 0.195. The molecule has 0 radical (unpaired) electrons. The van der Waals surface area contributed by atoms with Crippen molar-refractivity contribution in [3.05, 3.63) is 60.7 Å². The van der Waals surface area contributed by atoms with Crippen LogP contribution in [0.1, 0.15) is 60.2 Å². The van der Waals surface area contributed by atoms with Crippen LogP contribution in [0.5, 0.6) is 0 Å². The zero-order valence-electron chi connectivity index (χ0n) is 20.6. The van der Waals surface area contributed by atoms with Gasteiger partial charge in [0.2, 0.25) is 0 Å². The molecule has 0 saturated heterocycles. The zero-order valence-corrected chi connectivity index (χ0v) is 20.6. The summed E-state index contributed by atoms with van der Waals surface area (Å²) in [6.45, 7) is 9.21. The third-order valence-corrected chi connectivity index (χ3v) is 4.88. The van der Waals surface area contributed by atoms with Crippen LogP contribution in [-0.2, 0) is 28.5 Å². The van der Waals surface area contributed by atoms with Crippen LogP contribution >= 0.6 is 0 Å². The highest BCUT2D eigenvalue weighted by atomic mass is 16.6. The van der Waals surface area contributed by atoms with Gasteiger partial charge in [-0.1, -0.05) is 25.3 Å². The van der Waals surface area contributed by atoms with Crippen molar-refractivity contribution >= 4 is 23.9 Å². The molecule has 198 valence electrons. The van der Waals surface area contributed by atoms with Gasteiger partial charge in [0, 0.05) is 12.2 Å². The maximum atomic E-state index is 12.7. The van der Waals surface area contributed by atoms with Crippen LogP contribution in [0.15, 0.2) is 49.6 Å². The predicted octanol–water partition coefficient (Wildman–Crippen LogP) is 2.52. The van der Waals surface area contributed by atoms with Crippen molar-refractivity contribution in [3.63, 3.8) is 0 Å². The summed E-state index contributed by atoms with van der Waals surface area (Å²) in [5, 5.41) is 19.0. The topological polar surface area (TPSA) is 146 Å². The molecule has 10 heteroatoms. The predicted molar refractivity (Wildman–Crippen MR) is 129 cm³/mol. The second kappa shape index (κ2) is 16.2. The number of hydrogen-bond donors (Lipinski definition) is 2. The molecule has 0 fully saturated rings. The van der Waals surface area contributed by atoms with Crippen molar-refractivity contribution in [3.8, 4) is 0 Å². The minimum Gasteiger partial charge on any atom is -0.458 e. The molecule has 1 rings (SSSR count). The van der Waals surface area contributed by atoms with E-state index in [1.165, 1.54) is 24.3 Å². The maximum Gasteiger partial charge on any atom is 0.339 e. The fourth-order valence-corrected chi connectivity index (χ4v) is 2.96. The molecule has 0 spiro atoms. The van der Waals surface area contributed by atoms with E-state index in [1.54, 1.807) is 13.8 Å². The summed E-state index contributed by atoms with van der Waals surface area (Å²) in [5.41, 5.74) is -0.147. The summed E-state index contributed by atoms with van der Waals surface area (Å²) < 4.78 is 20.8. The Kier molecular flexibility index (Phi) is 13.8. The lowest BCUT2D eigenvalue weighted by Gasteiger charge is -2.19. The average Bonchev–Trinajstić information content (AvgIpc) is 2.86. The van der Waals surface area contributed by atoms with Gasteiger partial charge in [-0.05, 0) is 51.7 Å². The molecule has 0 saturated carbocycles. The Morgan fingerprint density at radius 1 is 0.750 bits per heavy atom. The lowest BCUT2D eigenvalue weighted by atomic mass is 10.1. The van der Waals surface area contributed by atoms with Gasteiger partial charge in [0.25, 0.3) is 0 Å². The van der Waals surface area contributed by atoms with Crippen LogP contribution in [0.2, 0.25) is 0 Å². The summed E-state index contributed by atoms with van der Waals surface area (Å²) in [5.74, 6) is -3.09. The molecule has 36 heavy (non-hydrogen) atoms. The van der Waals surface area contributed by atoms with Crippen LogP contribution in [0.3, 0.4) is 0 Å². The number of carbonyl (C=O) groups excluding carboxylic acids is 4. The molecule has 0 amide bonds. The van der Waals surface area contributed by atoms with Gasteiger partial charge < -0.3 is 29.2 Å². The first-order valence-corrected chi connectivity index (χ1v) is 11.5. The second-order valence-corrected chi connectivity index (χ2v) is 8.12. The van der Waals surface area contributed by atoms with Crippen molar-refractivity contribution in [2.24, 2.45) is 0 Å². The van der Waals surface area contributed by atoms with Gasteiger partial charge in [-0.15, -0.1) is 0 Å². The van der Waals surface area contributed by atoms with Gasteiger partial charge in [0.1, 0.15) is 25.4 Å². The van der Waals surface area contributed by atoms with Crippen molar-refractivity contribution < 1.29 is 48.3 Å². The SMILES string of the molecule is C=CC(=O)OC(CCC(C)O)COC(=O)c1ccccc1C(=O)OCC(CCC(C)O)OC(=O)C=C. The van der Waals surface area contributed by atoms with Crippen LogP contribution in [-0.4, -0.2) is 71.7 Å². The maximum absolute atomic E-state index is 12.7. The Labute approximate surface area is 210 Å². The molecule has 0 heterocycles. The highest BCUT2D eigenvalue weighted by Crippen LogP contribution is 2.15. The Bertz CT molecular complexity index is 833. The van der Waals surface area contributed by atoms with E-state index in [9.17, 15) is 29.4 Å². The van der Waals surface area contributed by atoms with E-state index >= 15 is 0 Å². The smallest absolute Gasteiger partial charge is 0.339 e. The van der Waals surface area contributed by atoms with Crippen molar-refractivity contribution in [2.45, 2.75) is 63.9 Å². The molecule has 0 aromatic heterocycles. The first-order valence-electron chi connectivity index (χ1n) is 11.5. The second-order valence-electron chi connectivity index (χ2n) is 8.12. The number of ether oxygens (including phenoxy) is 4. The molecule has 0 aliphatic carbocycles. The number of aliphatic hydroxyl groups is 2. The Hall–Kier alpha value is -3.50. The van der Waals surface area contributed by atoms with Crippen LogP contribution in [0, 0.1) is 0 Å². The molecule has 0 aliphatic heterocycles. The molecule has 10 nitrogen and oxygen atoms in total. The van der Waals surface area contributed by atoms with Crippen molar-refractivity contribution in [2.75, 3.05) is 13.2 Å². The number of rotatable bonds is 16. The summed E-state index contributed by atoms with van der Waals surface area (Å²) in [6, 6.07) is 5.82. The van der Waals surface area contributed by atoms with E-state index < -0.39 is 48.3 Å². The van der Waals surface area contributed by atoms with Gasteiger partial charge >= 0.3 is 23.9 Å². The highest BCUT2D eigenvalue weighted by molar-refractivity contribution is 6.03. The zero-order chi connectivity index (χ0) is 27.1. The van der Waals surface area contributed by atoms with E-state index in [0.717, 1.165) is 12.2 Å². The summed E-state index contributed by atoms with van der Waals surface area (Å²) in [7, 11) is 0. The largest absolute Gasteiger partial charge is 0.458 e. The number of carbonyl (C=O) groups is 4. The first-order chi connectivity index (χ1) is 17.1. The monoisotopic (exact) mass is 506 g/mol. The normalized spacial score (nSPS) is 13.9. The van der Waals surface area contributed by atoms with Gasteiger partial charge in [-0.3, -0.25) is 0 Å². The summed E-state index contributed by atoms with van der Waals surface area (Å²) >= 11 is 0. The lowest BCUT2D eigenvalue weighted by Crippen LogP contribution is -2.27. The Balaban J connectivity index is 2.87. The lowest BCUT2D eigenvalue weighted by molar-refractivity contribution is -0.146. The number of esters is 4. The molecular formula is C26H34O10. The van der Waals surface area contributed by atoms with E-state index in [0.29, 0.717) is 12.8 Å². The number of benzene rings is 1. The highest BCUT2D eigenvalue weighted by Gasteiger charge is 2.23. The molecule has 1 aromatic rings. The van der Waals surface area contributed by atoms with Gasteiger partial charge in [0.15, 0.2) is 0 Å². The van der Waals surface area contributed by atoms with E-state index in [1.807, 2.05) is 0 Å². The fourth-order valence-electron chi connectivity index (χ4n) is 2.96. The molecule has 2 N–H and O–H groups in total. The van der Waals surface area contributed by atoms with E-state index in [-0.39, 0.29) is 37.2 Å². The number of aliphatic hydroxyl groups excluding tert-OH is 2. The van der Waals surface area contributed by atoms with Gasteiger partial charge in [-0.25, -0.2) is 19.2 Å². The molecule has 0 bridgehead atoms. The minimum absolute atomic E-state index is 0.0737. The van der Waals surface area contributed by atoms with Crippen LogP contribution in [0.4, 0.5) is 0 Å². The molecule has 4 unspecified atom stereocenters. The molecule has 1 aromatic carbocycles. The summed E-state index contributed by atoms with van der Waals surface area (Å²) in [6.07, 6.45) is 0.131. The third kappa shape index (κ3) is 11.8. The Morgan fingerprint density at radius 2 is 1.11 bits per heavy atom. The molecule has 4 atom stereocenters. The minimum atomic E-state index is -0.844. The Morgan fingerprint density at radius 3 is 1.42 bits per heavy atom. The average molecular weight is 507 g/mol. The van der Waals surface area contributed by atoms with E-state index in [4.69, 9.17) is 18.9 Å². The van der Waals surface area contributed by atoms with Gasteiger partial charge in [0.05, 0.1) is 23.3 Å². The van der Waals surface area contributed by atoms with Crippen LogP contribution in [0.25, 0.3) is 0 Å². The fraction of sp³-hybridized carbons (Fsp3) is 0.462. The third-order valence-electron chi connectivity index (χ3n) is 4.88. The molecule has 0 aliphatic rings. The van der Waals surface area contributed by atoms with E-state index in [2.05, 4.69) is 13.2 Å². The number of hydrogen-bond acceptors (Lipinski definition) is 10. The first kappa shape index (κ1) is 30.5. The van der Waals surface area contributed by atoms with Gasteiger partial charge in [-0.2, -0.15) is 0 Å². The standard InChI is InChI=1S/C26H34O10/c1-5-23(29)35-19(13-11-17(3)27)15-33-25(31)21-9-7-8-10-22(21)26(32)34-16-20(14-12-18(4)28)36-24(30)6-2/h5-10,17-20,27-28H,1-2,11-16H2,3-4H3. The van der Waals surface area contributed by atoms with Crippen molar-refractivity contribution in [1.82, 2.24) is 0 Å².